The van der Waals surface area contributed by atoms with Crippen LogP contribution in [0.4, 0.5) is 5.82 Å². The van der Waals surface area contributed by atoms with Gasteiger partial charge in [-0.25, -0.2) is 4.98 Å². The molecule has 1 aromatic carbocycles. The number of nitrogens with one attached hydrogen (secondary N) is 1. The second kappa shape index (κ2) is 7.33. The maximum atomic E-state index is 6.14. The van der Waals surface area contributed by atoms with Gasteiger partial charge in [0, 0.05) is 11.6 Å². The lowest BCUT2D eigenvalue weighted by Crippen LogP contribution is -2.36. The molecule has 0 bridgehead atoms. The molecular weight excluding hydrogens is 306 g/mol. The number of halogens is 1. The number of likely N-dealkylation sites (tertiary alicyclic amines) is 1. The van der Waals surface area contributed by atoms with E-state index >= 15 is 0 Å². The fourth-order valence-corrected chi connectivity index (χ4v) is 3.02. The minimum atomic E-state index is 0.248. The zero-order valence-electron chi connectivity index (χ0n) is 13.8. The van der Waals surface area contributed by atoms with Crippen molar-refractivity contribution < 1.29 is 0 Å². The van der Waals surface area contributed by atoms with E-state index in [1.165, 1.54) is 25.1 Å². The van der Waals surface area contributed by atoms with Crippen LogP contribution >= 0.6 is 11.6 Å². The molecule has 0 aliphatic carbocycles. The van der Waals surface area contributed by atoms with Crippen molar-refractivity contribution in [2.45, 2.75) is 39.3 Å². The number of hydrogen-bond acceptors (Lipinski definition) is 3. The van der Waals surface area contributed by atoms with Crippen LogP contribution in [0.2, 0.25) is 5.02 Å². The molecule has 1 atom stereocenters. The molecule has 3 nitrogen and oxygen atoms in total. The SMILES string of the molecule is CC[C@@H](Nc1cccc(CN2CCC2)n1)c1ccc(Cl)c(C)c1. The number of hydrogen-bond donors (Lipinski definition) is 1. The molecule has 0 amide bonds. The topological polar surface area (TPSA) is 28.2 Å². The third-order valence-electron chi connectivity index (χ3n) is 4.46. The van der Waals surface area contributed by atoms with Crippen molar-refractivity contribution in [3.05, 3.63) is 58.2 Å². The van der Waals surface area contributed by atoms with E-state index in [1.807, 2.05) is 19.1 Å². The Morgan fingerprint density at radius 3 is 2.74 bits per heavy atom. The summed E-state index contributed by atoms with van der Waals surface area (Å²) in [6.45, 7) is 7.57. The van der Waals surface area contributed by atoms with Gasteiger partial charge in [-0.1, -0.05) is 36.7 Å². The summed E-state index contributed by atoms with van der Waals surface area (Å²) < 4.78 is 0. The number of rotatable bonds is 6. The van der Waals surface area contributed by atoms with E-state index < -0.39 is 0 Å². The fourth-order valence-electron chi connectivity index (χ4n) is 2.90. The Labute approximate surface area is 143 Å². The number of pyridine rings is 1. The van der Waals surface area contributed by atoms with Gasteiger partial charge in [-0.2, -0.15) is 0 Å². The maximum absolute atomic E-state index is 6.14. The molecule has 23 heavy (non-hydrogen) atoms. The van der Waals surface area contributed by atoms with Crippen molar-refractivity contribution in [3.63, 3.8) is 0 Å². The Bertz CT molecular complexity index is 667. The zero-order valence-corrected chi connectivity index (χ0v) is 14.6. The Hall–Kier alpha value is -1.58. The molecule has 122 valence electrons. The minimum absolute atomic E-state index is 0.248. The summed E-state index contributed by atoms with van der Waals surface area (Å²) >= 11 is 6.14. The van der Waals surface area contributed by atoms with E-state index in [2.05, 4.69) is 41.4 Å². The molecule has 2 heterocycles. The minimum Gasteiger partial charge on any atom is -0.363 e. The molecule has 0 radical (unpaired) electrons. The van der Waals surface area contributed by atoms with Crippen LogP contribution in [-0.4, -0.2) is 23.0 Å². The summed E-state index contributed by atoms with van der Waals surface area (Å²) in [5.74, 6) is 0.947. The van der Waals surface area contributed by atoms with Gasteiger partial charge in [0.1, 0.15) is 5.82 Å². The van der Waals surface area contributed by atoms with Crippen LogP contribution in [0, 0.1) is 6.92 Å². The molecule has 1 fully saturated rings. The highest BCUT2D eigenvalue weighted by atomic mass is 35.5. The average Bonchev–Trinajstić information content (AvgIpc) is 2.52. The molecule has 1 saturated heterocycles. The number of aromatic nitrogens is 1. The number of anilines is 1. The predicted molar refractivity (Wildman–Crippen MR) is 97.0 cm³/mol. The van der Waals surface area contributed by atoms with Crippen LogP contribution in [0.3, 0.4) is 0 Å². The summed E-state index contributed by atoms with van der Waals surface area (Å²) in [5.41, 5.74) is 3.50. The summed E-state index contributed by atoms with van der Waals surface area (Å²) in [6.07, 6.45) is 2.31. The van der Waals surface area contributed by atoms with Gasteiger partial charge < -0.3 is 5.32 Å². The van der Waals surface area contributed by atoms with Crippen molar-refractivity contribution in [1.29, 1.82) is 0 Å². The summed E-state index contributed by atoms with van der Waals surface area (Å²) in [5, 5.41) is 4.39. The lowest BCUT2D eigenvalue weighted by molar-refractivity contribution is 0.170. The molecule has 0 spiro atoms. The van der Waals surface area contributed by atoms with Crippen LogP contribution in [0.25, 0.3) is 0 Å². The zero-order chi connectivity index (χ0) is 16.2. The standard InChI is InChI=1S/C19H24ClN3/c1-3-18(15-8-9-17(20)14(2)12-15)22-19-7-4-6-16(21-19)13-23-10-5-11-23/h4,6-9,12,18H,3,5,10-11,13H2,1-2H3,(H,21,22)/t18-/m1/s1. The van der Waals surface area contributed by atoms with E-state index in [4.69, 9.17) is 16.6 Å². The first-order valence-corrected chi connectivity index (χ1v) is 8.74. The van der Waals surface area contributed by atoms with Crippen molar-refractivity contribution in [2.24, 2.45) is 0 Å². The van der Waals surface area contributed by atoms with Gasteiger partial charge in [-0.05, 0) is 62.2 Å². The van der Waals surface area contributed by atoms with Gasteiger partial charge in [0.2, 0.25) is 0 Å². The molecule has 1 aromatic heterocycles. The van der Waals surface area contributed by atoms with E-state index in [0.717, 1.165) is 35.1 Å². The molecule has 1 N–H and O–H groups in total. The van der Waals surface area contributed by atoms with Crippen molar-refractivity contribution in [2.75, 3.05) is 18.4 Å². The van der Waals surface area contributed by atoms with E-state index in [-0.39, 0.29) is 6.04 Å². The van der Waals surface area contributed by atoms with Crippen LogP contribution in [0.5, 0.6) is 0 Å². The smallest absolute Gasteiger partial charge is 0.126 e. The Balaban J connectivity index is 1.72. The first-order chi connectivity index (χ1) is 11.2. The van der Waals surface area contributed by atoms with Crippen LogP contribution < -0.4 is 5.32 Å². The lowest BCUT2D eigenvalue weighted by atomic mass is 10.0. The Kier molecular flexibility index (Phi) is 5.19. The monoisotopic (exact) mass is 329 g/mol. The van der Waals surface area contributed by atoms with Gasteiger partial charge >= 0.3 is 0 Å². The van der Waals surface area contributed by atoms with Gasteiger partial charge in [0.25, 0.3) is 0 Å². The molecule has 2 aromatic rings. The second-order valence-electron chi connectivity index (χ2n) is 6.26. The Morgan fingerprint density at radius 2 is 2.09 bits per heavy atom. The highest BCUT2D eigenvalue weighted by Crippen LogP contribution is 2.25. The Morgan fingerprint density at radius 1 is 1.26 bits per heavy atom. The molecule has 1 aliphatic heterocycles. The predicted octanol–water partition coefficient (Wildman–Crippen LogP) is 4.81. The third kappa shape index (κ3) is 4.04. The average molecular weight is 330 g/mol. The van der Waals surface area contributed by atoms with Crippen LogP contribution in [-0.2, 0) is 6.54 Å². The first-order valence-electron chi connectivity index (χ1n) is 8.36. The highest BCUT2D eigenvalue weighted by Gasteiger charge is 2.15. The third-order valence-corrected chi connectivity index (χ3v) is 4.88. The van der Waals surface area contributed by atoms with E-state index in [0.29, 0.717) is 0 Å². The molecule has 3 rings (SSSR count). The highest BCUT2D eigenvalue weighted by molar-refractivity contribution is 6.31. The quantitative estimate of drug-likeness (QED) is 0.824. The van der Waals surface area contributed by atoms with Gasteiger partial charge in [0.15, 0.2) is 0 Å². The largest absolute Gasteiger partial charge is 0.363 e. The van der Waals surface area contributed by atoms with Crippen molar-refractivity contribution >= 4 is 17.4 Å². The number of benzene rings is 1. The number of aryl methyl sites for hydroxylation is 1. The van der Waals surface area contributed by atoms with E-state index in [1.54, 1.807) is 0 Å². The first kappa shape index (κ1) is 16.3. The molecular formula is C19H24ClN3. The molecule has 0 unspecified atom stereocenters. The summed E-state index contributed by atoms with van der Waals surface area (Å²) in [7, 11) is 0. The maximum Gasteiger partial charge on any atom is 0.126 e. The van der Waals surface area contributed by atoms with Crippen LogP contribution in [0.1, 0.15) is 42.6 Å². The molecule has 0 saturated carbocycles. The normalized spacial score (nSPS) is 16.0. The van der Waals surface area contributed by atoms with Crippen LogP contribution in [0.15, 0.2) is 36.4 Å². The summed E-state index contributed by atoms with van der Waals surface area (Å²) in [4.78, 5) is 7.19. The summed E-state index contributed by atoms with van der Waals surface area (Å²) in [6, 6.07) is 12.7. The lowest BCUT2D eigenvalue weighted by Gasteiger charge is -2.30. The fraction of sp³-hybridized carbons (Fsp3) is 0.421. The van der Waals surface area contributed by atoms with Crippen molar-refractivity contribution in [1.82, 2.24) is 9.88 Å². The number of nitrogens with zero attached hydrogens (tertiary/aromatic N) is 2. The molecule has 4 heteroatoms. The molecule has 1 aliphatic rings. The van der Waals surface area contributed by atoms with Gasteiger partial charge in [-0.3, -0.25) is 4.90 Å². The van der Waals surface area contributed by atoms with E-state index in [9.17, 15) is 0 Å². The van der Waals surface area contributed by atoms with Gasteiger partial charge in [0.05, 0.1) is 11.7 Å². The van der Waals surface area contributed by atoms with Crippen molar-refractivity contribution in [3.8, 4) is 0 Å². The second-order valence-corrected chi connectivity index (χ2v) is 6.66. The van der Waals surface area contributed by atoms with Gasteiger partial charge in [-0.15, -0.1) is 0 Å².